The highest BCUT2D eigenvalue weighted by Crippen LogP contribution is 2.24. The number of aryl methyl sites for hydroxylation is 1. The van der Waals surface area contributed by atoms with Crippen LogP contribution < -0.4 is 10.1 Å². The Morgan fingerprint density at radius 3 is 2.88 bits per heavy atom. The molecule has 0 fully saturated rings. The van der Waals surface area contributed by atoms with Gasteiger partial charge in [-0.05, 0) is 19.1 Å². The smallest absolute Gasteiger partial charge is 0.122 e. The molecule has 1 aromatic heterocycles. The molecule has 2 aromatic rings. The summed E-state index contributed by atoms with van der Waals surface area (Å²) in [6, 6.07) is 5.88. The molecule has 0 aliphatic rings. The number of nitrogens with zero attached hydrogens (tertiary/aromatic N) is 1. The summed E-state index contributed by atoms with van der Waals surface area (Å²) in [7, 11) is 1.66. The van der Waals surface area contributed by atoms with Gasteiger partial charge in [-0.15, -0.1) is 0 Å². The van der Waals surface area contributed by atoms with Gasteiger partial charge in [0.2, 0.25) is 0 Å². The predicted molar refractivity (Wildman–Crippen MR) is 71.3 cm³/mol. The summed E-state index contributed by atoms with van der Waals surface area (Å²) < 4.78 is 6.19. The van der Waals surface area contributed by atoms with Gasteiger partial charge in [0.25, 0.3) is 0 Å². The van der Waals surface area contributed by atoms with Crippen molar-refractivity contribution in [2.75, 3.05) is 12.4 Å². The third-order valence-corrected chi connectivity index (χ3v) is 2.96. The van der Waals surface area contributed by atoms with Gasteiger partial charge in [0.15, 0.2) is 0 Å². The highest BCUT2D eigenvalue weighted by Gasteiger charge is 2.02. The molecule has 0 saturated heterocycles. The standard InChI is InChI=1S/C12H14BrN3O/c1-8-12(16-7-15-8)6-14-10-3-9(13)4-11(5-10)17-2/h3-5,7,14H,6H2,1-2H3,(H,15,16). The molecule has 0 atom stereocenters. The van der Waals surface area contributed by atoms with Crippen molar-refractivity contribution in [3.05, 3.63) is 40.4 Å². The van der Waals surface area contributed by atoms with Gasteiger partial charge in [0.1, 0.15) is 5.75 Å². The molecule has 0 aliphatic carbocycles. The van der Waals surface area contributed by atoms with Crippen LogP contribution in [0.25, 0.3) is 0 Å². The van der Waals surface area contributed by atoms with Crippen LogP contribution in [0.5, 0.6) is 5.75 Å². The number of imidazole rings is 1. The number of anilines is 1. The van der Waals surface area contributed by atoms with Crippen LogP contribution in [-0.2, 0) is 6.54 Å². The maximum absolute atomic E-state index is 5.20. The molecule has 2 N–H and O–H groups in total. The van der Waals surface area contributed by atoms with Crippen molar-refractivity contribution in [3.63, 3.8) is 0 Å². The van der Waals surface area contributed by atoms with Crippen molar-refractivity contribution in [1.82, 2.24) is 9.97 Å². The van der Waals surface area contributed by atoms with Crippen molar-refractivity contribution < 1.29 is 4.74 Å². The molecular formula is C12H14BrN3O. The lowest BCUT2D eigenvalue weighted by atomic mass is 10.3. The zero-order valence-corrected chi connectivity index (χ0v) is 11.3. The SMILES string of the molecule is COc1cc(Br)cc(NCc2nc[nH]c2C)c1. The number of halogens is 1. The highest BCUT2D eigenvalue weighted by atomic mass is 79.9. The van der Waals surface area contributed by atoms with E-state index in [4.69, 9.17) is 4.74 Å². The molecule has 1 aromatic carbocycles. The zero-order valence-electron chi connectivity index (χ0n) is 9.75. The number of methoxy groups -OCH3 is 1. The molecule has 5 heteroatoms. The first-order valence-corrected chi connectivity index (χ1v) is 6.05. The molecule has 0 saturated carbocycles. The molecule has 0 unspecified atom stereocenters. The number of nitrogens with one attached hydrogen (secondary N) is 2. The largest absolute Gasteiger partial charge is 0.497 e. The molecule has 1 heterocycles. The summed E-state index contributed by atoms with van der Waals surface area (Å²) in [5, 5.41) is 3.31. The Balaban J connectivity index is 2.09. The Kier molecular flexibility index (Phi) is 3.68. The van der Waals surface area contributed by atoms with Crippen LogP contribution in [0.2, 0.25) is 0 Å². The highest BCUT2D eigenvalue weighted by molar-refractivity contribution is 9.10. The van der Waals surface area contributed by atoms with Gasteiger partial charge < -0.3 is 15.0 Å². The number of ether oxygens (including phenoxy) is 1. The Hall–Kier alpha value is -1.49. The fraction of sp³-hybridized carbons (Fsp3) is 0.250. The van der Waals surface area contributed by atoms with Crippen LogP contribution in [0.1, 0.15) is 11.4 Å². The molecular weight excluding hydrogens is 282 g/mol. The number of hydrogen-bond donors (Lipinski definition) is 2. The maximum Gasteiger partial charge on any atom is 0.122 e. The summed E-state index contributed by atoms with van der Waals surface area (Å²) >= 11 is 3.45. The summed E-state index contributed by atoms with van der Waals surface area (Å²) in [6.07, 6.45) is 1.70. The summed E-state index contributed by atoms with van der Waals surface area (Å²) in [5.74, 6) is 0.820. The second-order valence-corrected chi connectivity index (χ2v) is 4.62. The minimum atomic E-state index is 0.689. The van der Waals surface area contributed by atoms with Gasteiger partial charge in [-0.25, -0.2) is 4.98 Å². The van der Waals surface area contributed by atoms with Crippen molar-refractivity contribution >= 4 is 21.6 Å². The maximum atomic E-state index is 5.20. The summed E-state index contributed by atoms with van der Waals surface area (Å²) in [4.78, 5) is 7.29. The first kappa shape index (κ1) is 12.0. The molecule has 0 radical (unpaired) electrons. The van der Waals surface area contributed by atoms with Gasteiger partial charge in [-0.2, -0.15) is 0 Å². The van der Waals surface area contributed by atoms with Gasteiger partial charge in [0, 0.05) is 21.9 Å². The third kappa shape index (κ3) is 3.00. The van der Waals surface area contributed by atoms with Crippen LogP contribution in [0.4, 0.5) is 5.69 Å². The van der Waals surface area contributed by atoms with Crippen LogP contribution in [0, 0.1) is 6.92 Å². The van der Waals surface area contributed by atoms with E-state index in [9.17, 15) is 0 Å². The van der Waals surface area contributed by atoms with Crippen molar-refractivity contribution in [2.45, 2.75) is 13.5 Å². The zero-order chi connectivity index (χ0) is 12.3. The number of aromatic amines is 1. The van der Waals surface area contributed by atoms with E-state index >= 15 is 0 Å². The number of hydrogen-bond acceptors (Lipinski definition) is 3. The first-order valence-electron chi connectivity index (χ1n) is 5.26. The lowest BCUT2D eigenvalue weighted by Crippen LogP contribution is -2.01. The van der Waals surface area contributed by atoms with Gasteiger partial charge >= 0.3 is 0 Å². The van der Waals surface area contributed by atoms with E-state index in [2.05, 4.69) is 31.2 Å². The van der Waals surface area contributed by atoms with E-state index < -0.39 is 0 Å². The summed E-state index contributed by atoms with van der Waals surface area (Å²) in [6.45, 7) is 2.69. The lowest BCUT2D eigenvalue weighted by Gasteiger charge is -2.08. The molecule has 90 valence electrons. The second-order valence-electron chi connectivity index (χ2n) is 3.71. The van der Waals surface area contributed by atoms with Crippen molar-refractivity contribution in [1.29, 1.82) is 0 Å². The quantitative estimate of drug-likeness (QED) is 0.911. The van der Waals surface area contributed by atoms with E-state index in [1.165, 1.54) is 0 Å². The minimum Gasteiger partial charge on any atom is -0.497 e. The number of rotatable bonds is 4. The predicted octanol–water partition coefficient (Wildman–Crippen LogP) is 3.10. The Morgan fingerprint density at radius 2 is 2.24 bits per heavy atom. The van der Waals surface area contributed by atoms with Crippen molar-refractivity contribution in [2.24, 2.45) is 0 Å². The molecule has 2 rings (SSSR count). The average Bonchev–Trinajstić information content (AvgIpc) is 2.71. The fourth-order valence-corrected chi connectivity index (χ4v) is 2.01. The molecule has 17 heavy (non-hydrogen) atoms. The van der Waals surface area contributed by atoms with Crippen LogP contribution in [0.15, 0.2) is 29.0 Å². The van der Waals surface area contributed by atoms with Gasteiger partial charge in [0.05, 0.1) is 25.7 Å². The van der Waals surface area contributed by atoms with E-state index in [1.54, 1.807) is 13.4 Å². The fourth-order valence-electron chi connectivity index (χ4n) is 1.53. The van der Waals surface area contributed by atoms with E-state index in [-0.39, 0.29) is 0 Å². The summed E-state index contributed by atoms with van der Waals surface area (Å²) in [5.41, 5.74) is 3.10. The van der Waals surface area contributed by atoms with Gasteiger partial charge in [-0.1, -0.05) is 15.9 Å². The van der Waals surface area contributed by atoms with E-state index in [0.29, 0.717) is 6.54 Å². The normalized spacial score (nSPS) is 10.3. The molecule has 0 amide bonds. The molecule has 0 bridgehead atoms. The topological polar surface area (TPSA) is 49.9 Å². The Morgan fingerprint density at radius 1 is 1.41 bits per heavy atom. The lowest BCUT2D eigenvalue weighted by molar-refractivity contribution is 0.414. The first-order chi connectivity index (χ1) is 8.19. The number of aromatic nitrogens is 2. The molecule has 0 aliphatic heterocycles. The average molecular weight is 296 g/mol. The Labute approximate surface area is 109 Å². The van der Waals surface area contributed by atoms with E-state index in [0.717, 1.165) is 27.3 Å². The molecule has 4 nitrogen and oxygen atoms in total. The van der Waals surface area contributed by atoms with Crippen LogP contribution >= 0.6 is 15.9 Å². The molecule has 0 spiro atoms. The van der Waals surface area contributed by atoms with Gasteiger partial charge in [-0.3, -0.25) is 0 Å². The van der Waals surface area contributed by atoms with E-state index in [1.807, 2.05) is 25.1 Å². The minimum absolute atomic E-state index is 0.689. The Bertz CT molecular complexity index is 510. The number of H-pyrrole nitrogens is 1. The van der Waals surface area contributed by atoms with Crippen molar-refractivity contribution in [3.8, 4) is 5.75 Å². The number of benzene rings is 1. The second kappa shape index (κ2) is 5.23. The van der Waals surface area contributed by atoms with Crippen LogP contribution in [0.3, 0.4) is 0 Å². The van der Waals surface area contributed by atoms with Crippen LogP contribution in [-0.4, -0.2) is 17.1 Å². The monoisotopic (exact) mass is 295 g/mol. The third-order valence-electron chi connectivity index (χ3n) is 2.50.